The summed E-state index contributed by atoms with van der Waals surface area (Å²) in [5.41, 5.74) is 1.68. The lowest BCUT2D eigenvalue weighted by molar-refractivity contribution is -0.122. The number of rotatable bonds is 8. The van der Waals surface area contributed by atoms with Gasteiger partial charge in [0.1, 0.15) is 17.1 Å². The first-order valence-corrected chi connectivity index (χ1v) is 10.4. The maximum absolute atomic E-state index is 12.6. The highest BCUT2D eigenvalue weighted by Crippen LogP contribution is 2.26. The highest BCUT2D eigenvalue weighted by atomic mass is 32.1. The van der Waals surface area contributed by atoms with Crippen LogP contribution < -0.4 is 5.32 Å². The first-order chi connectivity index (χ1) is 13.4. The Kier molecular flexibility index (Phi) is 6.52. The van der Waals surface area contributed by atoms with E-state index in [2.05, 4.69) is 17.4 Å². The summed E-state index contributed by atoms with van der Waals surface area (Å²) in [7, 11) is 0. The van der Waals surface area contributed by atoms with Crippen LogP contribution in [0.3, 0.4) is 0 Å². The molecule has 0 saturated carbocycles. The Hall–Kier alpha value is -2.60. The Bertz CT molecular complexity index is 943. The van der Waals surface area contributed by atoms with Crippen LogP contribution in [0.25, 0.3) is 10.2 Å². The molecule has 6 heteroatoms. The minimum absolute atomic E-state index is 0.0492. The molecule has 1 atom stereocenters. The number of thiophene rings is 1. The van der Waals surface area contributed by atoms with Gasteiger partial charge < -0.3 is 14.6 Å². The Morgan fingerprint density at radius 1 is 1.14 bits per heavy atom. The van der Waals surface area contributed by atoms with Crippen molar-refractivity contribution in [1.82, 2.24) is 9.88 Å². The molecule has 2 heterocycles. The molecule has 3 aromatic rings. The molecule has 2 aromatic heterocycles. The topological polar surface area (TPSA) is 60.3 Å². The van der Waals surface area contributed by atoms with E-state index in [0.29, 0.717) is 5.69 Å². The number of esters is 1. The number of ether oxygens (including phenoxy) is 1. The van der Waals surface area contributed by atoms with Crippen LogP contribution in [0, 0.1) is 0 Å². The molecular weight excluding hydrogens is 372 g/mol. The molecular formula is C22H26N2O3S. The number of aromatic nitrogens is 1. The van der Waals surface area contributed by atoms with Crippen molar-refractivity contribution < 1.29 is 14.3 Å². The molecule has 1 amide bonds. The van der Waals surface area contributed by atoms with Gasteiger partial charge in [-0.25, -0.2) is 4.79 Å². The largest absolute Gasteiger partial charge is 0.458 e. The molecule has 0 aliphatic rings. The number of carbonyl (C=O) groups is 2. The number of amides is 1. The Morgan fingerprint density at radius 3 is 2.61 bits per heavy atom. The Labute approximate surface area is 169 Å². The molecule has 0 fully saturated rings. The summed E-state index contributed by atoms with van der Waals surface area (Å²) in [6.45, 7) is 5.73. The normalized spacial score (nSPS) is 12.3. The molecule has 28 heavy (non-hydrogen) atoms. The molecule has 5 nitrogen and oxygen atoms in total. The van der Waals surface area contributed by atoms with Gasteiger partial charge in [-0.05, 0) is 56.7 Å². The van der Waals surface area contributed by atoms with E-state index in [1.165, 1.54) is 16.9 Å². The number of hydrogen-bond acceptors (Lipinski definition) is 4. The van der Waals surface area contributed by atoms with Crippen LogP contribution in [0.1, 0.15) is 43.2 Å². The van der Waals surface area contributed by atoms with E-state index < -0.39 is 5.97 Å². The second-order valence-corrected chi connectivity index (χ2v) is 8.14. The van der Waals surface area contributed by atoms with E-state index in [4.69, 9.17) is 4.74 Å². The van der Waals surface area contributed by atoms with Crippen LogP contribution in [0.2, 0.25) is 0 Å². The van der Waals surface area contributed by atoms with Gasteiger partial charge in [-0.1, -0.05) is 30.3 Å². The molecule has 3 rings (SSSR count). The van der Waals surface area contributed by atoms with E-state index in [1.54, 1.807) is 10.6 Å². The van der Waals surface area contributed by atoms with Crippen LogP contribution in [0.15, 0.2) is 47.8 Å². The zero-order valence-corrected chi connectivity index (χ0v) is 17.3. The molecule has 0 radical (unpaired) electrons. The quantitative estimate of drug-likeness (QED) is 0.572. The first kappa shape index (κ1) is 20.1. The average molecular weight is 399 g/mol. The van der Waals surface area contributed by atoms with Gasteiger partial charge in [-0.15, -0.1) is 11.3 Å². The molecule has 1 aromatic carbocycles. The van der Waals surface area contributed by atoms with Crippen molar-refractivity contribution in [3.63, 3.8) is 0 Å². The van der Waals surface area contributed by atoms with E-state index in [9.17, 15) is 9.59 Å². The van der Waals surface area contributed by atoms with Gasteiger partial charge in [0.2, 0.25) is 5.91 Å². The van der Waals surface area contributed by atoms with Gasteiger partial charge in [-0.3, -0.25) is 4.79 Å². The Balaban J connectivity index is 1.65. The molecule has 0 saturated heterocycles. The summed E-state index contributed by atoms with van der Waals surface area (Å²) in [6.07, 6.45) is 1.56. The lowest BCUT2D eigenvalue weighted by Gasteiger charge is -2.16. The minimum atomic E-state index is -0.400. The predicted octanol–water partition coefficient (Wildman–Crippen LogP) is 4.41. The molecule has 148 valence electrons. The fourth-order valence-electron chi connectivity index (χ4n) is 3.14. The van der Waals surface area contributed by atoms with E-state index in [-0.39, 0.29) is 24.6 Å². The van der Waals surface area contributed by atoms with Crippen molar-refractivity contribution in [2.75, 3.05) is 0 Å². The lowest BCUT2D eigenvalue weighted by atomic mass is 10.1. The van der Waals surface area contributed by atoms with Crippen molar-refractivity contribution in [2.24, 2.45) is 0 Å². The zero-order chi connectivity index (χ0) is 20.1. The first-order valence-electron chi connectivity index (χ1n) is 9.55. The second kappa shape index (κ2) is 9.06. The summed E-state index contributed by atoms with van der Waals surface area (Å²) in [6, 6.07) is 14.0. The van der Waals surface area contributed by atoms with Gasteiger partial charge in [-0.2, -0.15) is 0 Å². The number of hydrogen-bond donors (Lipinski definition) is 1. The fraction of sp³-hybridized carbons (Fsp3) is 0.364. The highest BCUT2D eigenvalue weighted by molar-refractivity contribution is 7.16. The Morgan fingerprint density at radius 2 is 1.89 bits per heavy atom. The van der Waals surface area contributed by atoms with Crippen molar-refractivity contribution in [2.45, 2.75) is 52.3 Å². The van der Waals surface area contributed by atoms with Gasteiger partial charge in [0, 0.05) is 11.4 Å². The summed E-state index contributed by atoms with van der Waals surface area (Å²) < 4.78 is 7.09. The summed E-state index contributed by atoms with van der Waals surface area (Å²) in [4.78, 5) is 26.0. The van der Waals surface area contributed by atoms with E-state index in [1.807, 2.05) is 50.4 Å². The van der Waals surface area contributed by atoms with Crippen LogP contribution >= 0.6 is 11.3 Å². The fourth-order valence-corrected chi connectivity index (χ4v) is 4.04. The zero-order valence-electron chi connectivity index (χ0n) is 16.5. The van der Waals surface area contributed by atoms with E-state index >= 15 is 0 Å². The van der Waals surface area contributed by atoms with Crippen LogP contribution in [0.4, 0.5) is 0 Å². The molecule has 1 N–H and O–H groups in total. The number of aryl methyl sites for hydroxylation is 1. The smallest absolute Gasteiger partial charge is 0.355 e. The van der Waals surface area contributed by atoms with Gasteiger partial charge in [0.25, 0.3) is 0 Å². The van der Waals surface area contributed by atoms with Crippen molar-refractivity contribution in [1.29, 1.82) is 0 Å². The highest BCUT2D eigenvalue weighted by Gasteiger charge is 2.21. The average Bonchev–Trinajstić information content (AvgIpc) is 3.23. The number of carbonyl (C=O) groups excluding carboxylic acids is 2. The number of fused-ring (bicyclic) bond motifs is 1. The maximum atomic E-state index is 12.6. The SMILES string of the molecule is CC(C)OC(=O)c1cc2ccsc2n1CC(=O)N[C@@H](C)CCc1ccccc1. The summed E-state index contributed by atoms with van der Waals surface area (Å²) in [5, 5.41) is 5.95. The predicted molar refractivity (Wildman–Crippen MR) is 113 cm³/mol. The number of nitrogens with zero attached hydrogens (tertiary/aromatic N) is 1. The monoisotopic (exact) mass is 398 g/mol. The summed E-state index contributed by atoms with van der Waals surface area (Å²) >= 11 is 1.51. The molecule has 0 spiro atoms. The molecule has 0 aliphatic carbocycles. The molecule has 0 unspecified atom stereocenters. The minimum Gasteiger partial charge on any atom is -0.458 e. The van der Waals surface area contributed by atoms with Gasteiger partial charge in [0.05, 0.1) is 6.10 Å². The summed E-state index contributed by atoms with van der Waals surface area (Å²) in [5.74, 6) is -0.506. The van der Waals surface area contributed by atoms with E-state index in [0.717, 1.165) is 23.1 Å². The molecule has 0 bridgehead atoms. The standard InChI is InChI=1S/C22H26N2O3S/c1-15(2)27-22(26)19-13-18-11-12-28-21(18)24(19)14-20(25)23-16(3)9-10-17-7-5-4-6-8-17/h4-8,11-13,15-16H,9-10,14H2,1-3H3,(H,23,25)/t16-/m0/s1. The van der Waals surface area contributed by atoms with Crippen molar-refractivity contribution in [3.05, 3.63) is 59.1 Å². The van der Waals surface area contributed by atoms with Gasteiger partial charge >= 0.3 is 5.97 Å². The second-order valence-electron chi connectivity index (χ2n) is 7.24. The third-order valence-corrected chi connectivity index (χ3v) is 5.42. The van der Waals surface area contributed by atoms with Gasteiger partial charge in [0.15, 0.2) is 0 Å². The number of benzene rings is 1. The third kappa shape index (κ3) is 5.01. The van der Waals surface area contributed by atoms with Crippen LogP contribution in [-0.4, -0.2) is 28.6 Å². The maximum Gasteiger partial charge on any atom is 0.355 e. The van der Waals surface area contributed by atoms with Crippen LogP contribution in [-0.2, 0) is 22.5 Å². The van der Waals surface area contributed by atoms with Crippen molar-refractivity contribution in [3.8, 4) is 0 Å². The molecule has 0 aliphatic heterocycles. The van der Waals surface area contributed by atoms with Crippen LogP contribution in [0.5, 0.6) is 0 Å². The number of nitrogens with one attached hydrogen (secondary N) is 1. The van der Waals surface area contributed by atoms with Crippen molar-refractivity contribution >= 4 is 33.4 Å². The third-order valence-electron chi connectivity index (χ3n) is 4.47. The lowest BCUT2D eigenvalue weighted by Crippen LogP contribution is -2.36.